The van der Waals surface area contributed by atoms with Gasteiger partial charge < -0.3 is 15.0 Å². The Morgan fingerprint density at radius 2 is 1.79 bits per heavy atom. The number of nitrogens with one attached hydrogen (secondary N) is 1. The second-order valence-electron chi connectivity index (χ2n) is 6.76. The maximum atomic E-state index is 12.6. The van der Waals surface area contributed by atoms with Gasteiger partial charge in [-0.3, -0.25) is 14.6 Å². The Kier molecular flexibility index (Phi) is 5.59. The van der Waals surface area contributed by atoms with Crippen LogP contribution in [0.3, 0.4) is 0 Å². The number of methoxy groups -OCH3 is 1. The van der Waals surface area contributed by atoms with Crippen LogP contribution in [0.4, 0.5) is 0 Å². The largest absolute Gasteiger partial charge is 0.497 e. The summed E-state index contributed by atoms with van der Waals surface area (Å²) in [5.41, 5.74) is 3.52. The van der Waals surface area contributed by atoms with Crippen LogP contribution in [0.5, 0.6) is 5.75 Å². The van der Waals surface area contributed by atoms with Crippen LogP contribution in [0.2, 0.25) is 0 Å². The number of ether oxygens (including phenoxy) is 1. The number of pyridine rings is 1. The summed E-state index contributed by atoms with van der Waals surface area (Å²) in [6.45, 7) is 2.19. The van der Waals surface area contributed by atoms with Crippen LogP contribution in [0.25, 0.3) is 10.9 Å². The molecule has 0 aliphatic carbocycles. The molecule has 0 fully saturated rings. The molecule has 1 aromatic heterocycles. The molecule has 0 aliphatic heterocycles. The molecule has 0 saturated carbocycles. The van der Waals surface area contributed by atoms with Crippen molar-refractivity contribution in [1.29, 1.82) is 0 Å². The number of fused-ring (bicyclic) bond motifs is 1. The SMILES string of the molecule is COc1ccc2cc(C(=O)NCc3ccc(C(=O)N(C)C)cc3)c(C)nc2c1. The topological polar surface area (TPSA) is 71.5 Å². The number of benzene rings is 2. The first-order chi connectivity index (χ1) is 13.4. The standard InChI is InChI=1S/C22H23N3O3/c1-14-19(11-17-9-10-18(28-4)12-20(17)24-14)21(26)23-13-15-5-7-16(8-6-15)22(27)25(2)3/h5-12H,13H2,1-4H3,(H,23,26). The lowest BCUT2D eigenvalue weighted by atomic mass is 10.1. The molecule has 0 atom stereocenters. The predicted molar refractivity (Wildman–Crippen MR) is 109 cm³/mol. The molecule has 2 aromatic carbocycles. The monoisotopic (exact) mass is 377 g/mol. The van der Waals surface area contributed by atoms with E-state index < -0.39 is 0 Å². The van der Waals surface area contributed by atoms with Gasteiger partial charge in [0.25, 0.3) is 11.8 Å². The molecule has 144 valence electrons. The van der Waals surface area contributed by atoms with Crippen LogP contribution in [0.1, 0.15) is 32.0 Å². The van der Waals surface area contributed by atoms with Crippen molar-refractivity contribution in [1.82, 2.24) is 15.2 Å². The number of rotatable bonds is 5. The van der Waals surface area contributed by atoms with Crippen molar-refractivity contribution in [3.8, 4) is 5.75 Å². The van der Waals surface area contributed by atoms with Crippen LogP contribution < -0.4 is 10.1 Å². The summed E-state index contributed by atoms with van der Waals surface area (Å²) in [4.78, 5) is 30.6. The van der Waals surface area contributed by atoms with Gasteiger partial charge in [-0.15, -0.1) is 0 Å². The maximum absolute atomic E-state index is 12.6. The van der Waals surface area contributed by atoms with Crippen LogP contribution in [-0.4, -0.2) is 42.9 Å². The summed E-state index contributed by atoms with van der Waals surface area (Å²) >= 11 is 0. The molecule has 0 aliphatic rings. The third-order valence-corrected chi connectivity index (χ3v) is 4.52. The van der Waals surface area contributed by atoms with Crippen molar-refractivity contribution >= 4 is 22.7 Å². The Morgan fingerprint density at radius 1 is 1.07 bits per heavy atom. The first kappa shape index (κ1) is 19.4. The fourth-order valence-electron chi connectivity index (χ4n) is 2.90. The second-order valence-corrected chi connectivity index (χ2v) is 6.76. The summed E-state index contributed by atoms with van der Waals surface area (Å²) < 4.78 is 5.22. The summed E-state index contributed by atoms with van der Waals surface area (Å²) in [7, 11) is 5.04. The summed E-state index contributed by atoms with van der Waals surface area (Å²) in [6.07, 6.45) is 0. The number of amides is 2. The highest BCUT2D eigenvalue weighted by Gasteiger charge is 2.13. The average molecular weight is 377 g/mol. The van der Waals surface area contributed by atoms with E-state index in [0.29, 0.717) is 23.4 Å². The Morgan fingerprint density at radius 3 is 2.43 bits per heavy atom. The van der Waals surface area contributed by atoms with Crippen LogP contribution in [0, 0.1) is 6.92 Å². The molecule has 0 bridgehead atoms. The lowest BCUT2D eigenvalue weighted by Gasteiger charge is -2.11. The minimum absolute atomic E-state index is 0.0509. The lowest BCUT2D eigenvalue weighted by Crippen LogP contribution is -2.24. The molecule has 1 heterocycles. The van der Waals surface area contributed by atoms with E-state index in [-0.39, 0.29) is 11.8 Å². The molecule has 28 heavy (non-hydrogen) atoms. The third kappa shape index (κ3) is 4.11. The predicted octanol–water partition coefficient (Wildman–Crippen LogP) is 3.18. The highest BCUT2D eigenvalue weighted by molar-refractivity contribution is 5.98. The molecule has 6 heteroatoms. The van der Waals surface area contributed by atoms with Crippen molar-refractivity contribution in [3.63, 3.8) is 0 Å². The fraction of sp³-hybridized carbons (Fsp3) is 0.227. The van der Waals surface area contributed by atoms with Crippen molar-refractivity contribution in [2.45, 2.75) is 13.5 Å². The van der Waals surface area contributed by atoms with Crippen LogP contribution >= 0.6 is 0 Å². The van der Waals surface area contributed by atoms with Crippen molar-refractivity contribution < 1.29 is 14.3 Å². The first-order valence-corrected chi connectivity index (χ1v) is 8.93. The van der Waals surface area contributed by atoms with Crippen molar-refractivity contribution in [2.75, 3.05) is 21.2 Å². The average Bonchev–Trinajstić information content (AvgIpc) is 2.70. The maximum Gasteiger partial charge on any atom is 0.253 e. The van der Waals surface area contributed by atoms with E-state index in [2.05, 4.69) is 10.3 Å². The van der Waals surface area contributed by atoms with Gasteiger partial charge in [0.05, 0.1) is 23.9 Å². The van der Waals surface area contributed by atoms with Crippen LogP contribution in [0.15, 0.2) is 48.5 Å². The van der Waals surface area contributed by atoms with E-state index in [0.717, 1.165) is 22.2 Å². The number of nitrogens with zero attached hydrogens (tertiary/aromatic N) is 2. The third-order valence-electron chi connectivity index (χ3n) is 4.52. The number of carbonyl (C=O) groups is 2. The zero-order valence-electron chi connectivity index (χ0n) is 16.4. The van der Waals surface area contributed by atoms with E-state index in [1.807, 2.05) is 43.3 Å². The van der Waals surface area contributed by atoms with E-state index in [1.165, 1.54) is 4.90 Å². The van der Waals surface area contributed by atoms with Gasteiger partial charge in [-0.1, -0.05) is 12.1 Å². The second kappa shape index (κ2) is 8.08. The highest BCUT2D eigenvalue weighted by Crippen LogP contribution is 2.21. The quantitative estimate of drug-likeness (QED) is 0.741. The molecule has 0 spiro atoms. The van der Waals surface area contributed by atoms with Gasteiger partial charge in [-0.2, -0.15) is 0 Å². The highest BCUT2D eigenvalue weighted by atomic mass is 16.5. The fourth-order valence-corrected chi connectivity index (χ4v) is 2.90. The number of aromatic nitrogens is 1. The zero-order valence-corrected chi connectivity index (χ0v) is 16.4. The number of hydrogen-bond donors (Lipinski definition) is 1. The van der Waals surface area contributed by atoms with Crippen molar-refractivity contribution in [2.24, 2.45) is 0 Å². The van der Waals surface area contributed by atoms with Gasteiger partial charge in [0.1, 0.15) is 5.75 Å². The van der Waals surface area contributed by atoms with Gasteiger partial charge in [-0.25, -0.2) is 0 Å². The number of aryl methyl sites for hydroxylation is 1. The Hall–Kier alpha value is -3.41. The van der Waals surface area contributed by atoms with E-state index in [9.17, 15) is 9.59 Å². The summed E-state index contributed by atoms with van der Waals surface area (Å²) in [5, 5.41) is 3.79. The molecule has 0 radical (unpaired) electrons. The smallest absolute Gasteiger partial charge is 0.253 e. The molecule has 0 saturated heterocycles. The lowest BCUT2D eigenvalue weighted by molar-refractivity contribution is 0.0827. The van der Waals surface area contributed by atoms with Gasteiger partial charge in [0.15, 0.2) is 0 Å². The number of hydrogen-bond acceptors (Lipinski definition) is 4. The van der Waals surface area contributed by atoms with E-state index in [1.54, 1.807) is 33.3 Å². The van der Waals surface area contributed by atoms with Crippen LogP contribution in [-0.2, 0) is 6.54 Å². The summed E-state index contributed by atoms with van der Waals surface area (Å²) in [6, 6.07) is 14.6. The Bertz CT molecular complexity index is 1030. The molecular formula is C22H23N3O3. The molecule has 3 aromatic rings. The van der Waals surface area contributed by atoms with Gasteiger partial charge in [0, 0.05) is 37.7 Å². The molecule has 2 amide bonds. The normalized spacial score (nSPS) is 10.6. The number of carbonyl (C=O) groups excluding carboxylic acids is 2. The molecule has 1 N–H and O–H groups in total. The van der Waals surface area contributed by atoms with Gasteiger partial charge in [-0.05, 0) is 42.8 Å². The summed E-state index contributed by atoms with van der Waals surface area (Å²) in [5.74, 6) is 0.494. The minimum Gasteiger partial charge on any atom is -0.497 e. The Balaban J connectivity index is 1.72. The Labute approximate surface area is 164 Å². The van der Waals surface area contributed by atoms with Gasteiger partial charge in [0.2, 0.25) is 0 Å². The first-order valence-electron chi connectivity index (χ1n) is 8.93. The molecule has 6 nitrogen and oxygen atoms in total. The zero-order chi connectivity index (χ0) is 20.3. The minimum atomic E-state index is -0.184. The molecule has 0 unspecified atom stereocenters. The van der Waals surface area contributed by atoms with E-state index in [4.69, 9.17) is 4.74 Å². The molecule has 3 rings (SSSR count). The van der Waals surface area contributed by atoms with Crippen molar-refractivity contribution in [3.05, 3.63) is 70.9 Å². The van der Waals surface area contributed by atoms with E-state index >= 15 is 0 Å². The molecular weight excluding hydrogens is 354 g/mol. The van der Waals surface area contributed by atoms with Gasteiger partial charge >= 0.3 is 0 Å².